The second kappa shape index (κ2) is 6.92. The van der Waals surface area contributed by atoms with Crippen LogP contribution in [0.1, 0.15) is 52.9 Å². The Morgan fingerprint density at radius 1 is 1.32 bits per heavy atom. The van der Waals surface area contributed by atoms with Gasteiger partial charge in [0, 0.05) is 0 Å². The lowest BCUT2D eigenvalue weighted by Crippen LogP contribution is -2.29. The summed E-state index contributed by atoms with van der Waals surface area (Å²) in [4.78, 5) is 22.3. The van der Waals surface area contributed by atoms with Crippen molar-refractivity contribution in [1.82, 2.24) is 0 Å². The highest BCUT2D eigenvalue weighted by molar-refractivity contribution is 5.91. The van der Waals surface area contributed by atoms with E-state index in [0.29, 0.717) is 23.9 Å². The first kappa shape index (κ1) is 16.0. The average Bonchev–Trinajstić information content (AvgIpc) is 2.34. The maximum Gasteiger partial charge on any atom is 0.317 e. The van der Waals surface area contributed by atoms with Crippen molar-refractivity contribution in [2.75, 3.05) is 13.7 Å². The zero-order chi connectivity index (χ0) is 14.5. The number of methoxy groups -OCH3 is 1. The molecule has 0 N–H and O–H groups in total. The van der Waals surface area contributed by atoms with Gasteiger partial charge < -0.3 is 9.47 Å². The molecule has 0 amide bonds. The Morgan fingerprint density at radius 2 is 2.00 bits per heavy atom. The smallest absolute Gasteiger partial charge is 0.317 e. The summed E-state index contributed by atoms with van der Waals surface area (Å²) >= 11 is 0. The van der Waals surface area contributed by atoms with Crippen LogP contribution in [0.3, 0.4) is 0 Å². The second-order valence-corrected chi connectivity index (χ2v) is 6.43. The van der Waals surface area contributed by atoms with Crippen molar-refractivity contribution in [2.45, 2.75) is 52.9 Å². The van der Waals surface area contributed by atoms with Crippen LogP contribution in [0, 0.1) is 17.3 Å². The van der Waals surface area contributed by atoms with Crippen LogP contribution in [-0.2, 0) is 19.1 Å². The molecule has 1 aliphatic carbocycles. The number of hydrogen-bond acceptors (Lipinski definition) is 4. The first-order valence-electron chi connectivity index (χ1n) is 7.06. The van der Waals surface area contributed by atoms with Gasteiger partial charge in [-0.05, 0) is 30.1 Å². The molecule has 1 saturated carbocycles. The van der Waals surface area contributed by atoms with Gasteiger partial charge in [0.25, 0.3) is 0 Å². The van der Waals surface area contributed by atoms with Crippen LogP contribution in [-0.4, -0.2) is 25.7 Å². The molecule has 0 radical (unpaired) electrons. The minimum absolute atomic E-state index is 0.292. The number of esters is 2. The molecule has 0 saturated heterocycles. The van der Waals surface area contributed by atoms with Crippen molar-refractivity contribution in [3.8, 4) is 0 Å². The molecule has 0 spiro atoms. The summed E-state index contributed by atoms with van der Waals surface area (Å²) in [5, 5.41) is 0. The topological polar surface area (TPSA) is 52.6 Å². The highest BCUT2D eigenvalue weighted by atomic mass is 16.5. The second-order valence-electron chi connectivity index (χ2n) is 6.43. The summed E-state index contributed by atoms with van der Waals surface area (Å²) < 4.78 is 9.59. The molecule has 110 valence electrons. The van der Waals surface area contributed by atoms with E-state index in [-0.39, 0.29) is 6.42 Å². The fraction of sp³-hybridized carbons (Fsp3) is 0.867. The number of hydrogen-bond donors (Lipinski definition) is 0. The van der Waals surface area contributed by atoms with E-state index in [1.807, 2.05) is 0 Å². The van der Waals surface area contributed by atoms with Crippen LogP contribution in [0.15, 0.2) is 0 Å². The predicted octanol–water partition coefficient (Wildman–Crippen LogP) is 2.95. The molecule has 19 heavy (non-hydrogen) atoms. The zero-order valence-electron chi connectivity index (χ0n) is 12.5. The van der Waals surface area contributed by atoms with Crippen molar-refractivity contribution in [2.24, 2.45) is 17.3 Å². The van der Waals surface area contributed by atoms with Crippen molar-refractivity contribution in [3.63, 3.8) is 0 Å². The van der Waals surface area contributed by atoms with E-state index in [1.165, 1.54) is 32.8 Å². The van der Waals surface area contributed by atoms with Gasteiger partial charge in [-0.3, -0.25) is 9.59 Å². The Bertz CT molecular complexity index is 322. The van der Waals surface area contributed by atoms with Gasteiger partial charge in [-0.15, -0.1) is 0 Å². The lowest BCUT2D eigenvalue weighted by molar-refractivity contribution is -0.154. The minimum atomic E-state index is -0.545. The Morgan fingerprint density at radius 3 is 2.58 bits per heavy atom. The molecule has 1 rings (SSSR count). The SMILES string of the molecule is COC(=O)CC(=O)OCC(C)C1CCCC(C)(C)C1. The summed E-state index contributed by atoms with van der Waals surface area (Å²) in [7, 11) is 1.27. The van der Waals surface area contributed by atoms with Crippen LogP contribution in [0.4, 0.5) is 0 Å². The van der Waals surface area contributed by atoms with E-state index in [0.717, 1.165) is 0 Å². The molecular formula is C15H26O4. The normalized spacial score (nSPS) is 23.5. The molecule has 0 aromatic rings. The van der Waals surface area contributed by atoms with Crippen LogP contribution >= 0.6 is 0 Å². The highest BCUT2D eigenvalue weighted by Gasteiger charge is 2.31. The van der Waals surface area contributed by atoms with Gasteiger partial charge in [-0.25, -0.2) is 0 Å². The molecule has 0 aliphatic heterocycles. The third kappa shape index (κ3) is 5.62. The van der Waals surface area contributed by atoms with E-state index in [1.54, 1.807) is 0 Å². The van der Waals surface area contributed by atoms with E-state index in [2.05, 4.69) is 25.5 Å². The summed E-state index contributed by atoms with van der Waals surface area (Å²) in [5.74, 6) is -0.0823. The maximum atomic E-state index is 11.4. The van der Waals surface area contributed by atoms with E-state index in [9.17, 15) is 9.59 Å². The average molecular weight is 270 g/mol. The Kier molecular flexibility index (Phi) is 5.83. The molecule has 4 nitrogen and oxygen atoms in total. The van der Waals surface area contributed by atoms with Gasteiger partial charge in [0.1, 0.15) is 6.42 Å². The van der Waals surface area contributed by atoms with E-state index < -0.39 is 11.9 Å². The quantitative estimate of drug-likeness (QED) is 0.569. The Balaban J connectivity index is 2.32. The molecule has 1 fully saturated rings. The van der Waals surface area contributed by atoms with E-state index >= 15 is 0 Å². The zero-order valence-corrected chi connectivity index (χ0v) is 12.5. The van der Waals surface area contributed by atoms with Gasteiger partial charge in [0.15, 0.2) is 0 Å². The largest absolute Gasteiger partial charge is 0.469 e. The fourth-order valence-electron chi connectivity index (χ4n) is 2.84. The molecular weight excluding hydrogens is 244 g/mol. The lowest BCUT2D eigenvalue weighted by atomic mass is 9.69. The predicted molar refractivity (Wildman–Crippen MR) is 72.5 cm³/mol. The fourth-order valence-corrected chi connectivity index (χ4v) is 2.84. The van der Waals surface area contributed by atoms with Gasteiger partial charge in [-0.1, -0.05) is 33.6 Å². The summed E-state index contributed by atoms with van der Waals surface area (Å²) in [6.45, 7) is 7.12. The minimum Gasteiger partial charge on any atom is -0.469 e. The molecule has 1 aliphatic rings. The van der Waals surface area contributed by atoms with Crippen molar-refractivity contribution >= 4 is 11.9 Å². The molecule has 0 aromatic heterocycles. The monoisotopic (exact) mass is 270 g/mol. The summed E-state index contributed by atoms with van der Waals surface area (Å²) in [6, 6.07) is 0. The third-order valence-electron chi connectivity index (χ3n) is 4.07. The molecule has 0 aromatic carbocycles. The summed E-state index contributed by atoms with van der Waals surface area (Å²) in [6.07, 6.45) is 4.62. The van der Waals surface area contributed by atoms with Crippen molar-refractivity contribution in [1.29, 1.82) is 0 Å². The molecule has 0 bridgehead atoms. The number of carbonyl (C=O) groups excluding carboxylic acids is 2. The Labute approximate surface area is 115 Å². The standard InChI is InChI=1S/C15H26O4/c1-11(10-19-14(17)8-13(16)18-4)12-6-5-7-15(2,3)9-12/h11-12H,5-10H2,1-4H3. The van der Waals surface area contributed by atoms with Crippen LogP contribution in [0.5, 0.6) is 0 Å². The number of carbonyl (C=O) groups is 2. The Hall–Kier alpha value is -1.06. The van der Waals surface area contributed by atoms with E-state index in [4.69, 9.17) is 4.74 Å². The van der Waals surface area contributed by atoms with Crippen LogP contribution in [0.2, 0.25) is 0 Å². The number of rotatable bonds is 5. The molecule has 0 heterocycles. The van der Waals surface area contributed by atoms with Gasteiger partial charge in [-0.2, -0.15) is 0 Å². The van der Waals surface area contributed by atoms with Crippen LogP contribution in [0.25, 0.3) is 0 Å². The summed E-state index contributed by atoms with van der Waals surface area (Å²) in [5.41, 5.74) is 0.396. The maximum absolute atomic E-state index is 11.4. The lowest BCUT2D eigenvalue weighted by Gasteiger charge is -2.37. The molecule has 2 atom stereocenters. The van der Waals surface area contributed by atoms with Crippen molar-refractivity contribution in [3.05, 3.63) is 0 Å². The first-order chi connectivity index (χ1) is 8.84. The third-order valence-corrected chi connectivity index (χ3v) is 4.07. The van der Waals surface area contributed by atoms with Gasteiger partial charge >= 0.3 is 11.9 Å². The molecule has 4 heteroatoms. The van der Waals surface area contributed by atoms with Gasteiger partial charge in [0.2, 0.25) is 0 Å². The van der Waals surface area contributed by atoms with Gasteiger partial charge in [0.05, 0.1) is 13.7 Å². The first-order valence-corrected chi connectivity index (χ1v) is 7.06. The number of ether oxygens (including phenoxy) is 2. The highest BCUT2D eigenvalue weighted by Crippen LogP contribution is 2.41. The van der Waals surface area contributed by atoms with Crippen LogP contribution < -0.4 is 0 Å². The molecule has 2 unspecified atom stereocenters. The van der Waals surface area contributed by atoms with Crippen molar-refractivity contribution < 1.29 is 19.1 Å².